The molecular formula is C18H33FN2O. The van der Waals surface area contributed by atoms with Crippen molar-refractivity contribution in [2.75, 3.05) is 7.11 Å². The van der Waals surface area contributed by atoms with Crippen LogP contribution < -0.4 is 4.74 Å². The van der Waals surface area contributed by atoms with Gasteiger partial charge in [0.15, 0.2) is 0 Å². The first kappa shape index (κ1) is 19.0. The largest absolute Gasteiger partial charge is 0.480 e. The molecule has 0 aliphatic heterocycles. The van der Waals surface area contributed by atoms with Gasteiger partial charge in [-0.15, -0.1) is 5.10 Å². The molecule has 0 amide bonds. The first-order chi connectivity index (χ1) is 10.5. The van der Waals surface area contributed by atoms with E-state index in [4.69, 9.17) is 4.74 Å². The Morgan fingerprint density at radius 2 is 1.59 bits per heavy atom. The van der Waals surface area contributed by atoms with Crippen molar-refractivity contribution in [2.45, 2.75) is 84.0 Å². The molecule has 0 aliphatic carbocycles. The molecule has 22 heavy (non-hydrogen) atoms. The van der Waals surface area contributed by atoms with Crippen molar-refractivity contribution in [2.24, 2.45) is 7.05 Å². The quantitative estimate of drug-likeness (QED) is 0.513. The minimum absolute atomic E-state index is 0.188. The zero-order chi connectivity index (χ0) is 16.6. The number of ether oxygens (including phenoxy) is 1. The van der Waals surface area contributed by atoms with Gasteiger partial charge in [0.1, 0.15) is 0 Å². The number of methoxy groups -OCH3 is 1. The third kappa shape index (κ3) is 4.72. The fraction of sp³-hybridized carbons (Fsp3) is 0.833. The van der Waals surface area contributed by atoms with Gasteiger partial charge in [-0.2, -0.15) is 4.39 Å². The third-order valence-electron chi connectivity index (χ3n) is 4.66. The summed E-state index contributed by atoms with van der Waals surface area (Å²) in [5, 5.41) is 4.19. The van der Waals surface area contributed by atoms with E-state index in [1.165, 1.54) is 36.8 Å². The fourth-order valence-electron chi connectivity index (χ4n) is 3.21. The molecule has 0 N–H and O–H groups in total. The van der Waals surface area contributed by atoms with Gasteiger partial charge in [-0.05, 0) is 12.8 Å². The van der Waals surface area contributed by atoms with Crippen LogP contribution in [-0.2, 0) is 12.5 Å². The molecule has 1 aromatic rings. The Bertz CT molecular complexity index is 445. The molecule has 128 valence electrons. The summed E-state index contributed by atoms with van der Waals surface area (Å²) < 4.78 is 21.3. The van der Waals surface area contributed by atoms with Crippen molar-refractivity contribution in [3.05, 3.63) is 11.5 Å². The molecule has 0 aromatic carbocycles. The lowest BCUT2D eigenvalue weighted by Crippen LogP contribution is -2.24. The van der Waals surface area contributed by atoms with Crippen LogP contribution in [0.15, 0.2) is 0 Å². The summed E-state index contributed by atoms with van der Waals surface area (Å²) in [6, 6.07) is 0. The van der Waals surface area contributed by atoms with Crippen LogP contribution in [0.3, 0.4) is 0 Å². The number of rotatable bonds is 11. The maximum absolute atomic E-state index is 14.6. The highest BCUT2D eigenvalue weighted by molar-refractivity contribution is 5.33. The summed E-state index contributed by atoms with van der Waals surface area (Å²) in [5.74, 6) is 0.209. The summed E-state index contributed by atoms with van der Waals surface area (Å²) in [6.07, 6.45) is 10.3. The van der Waals surface area contributed by atoms with Crippen LogP contribution in [0, 0.1) is 5.95 Å². The van der Waals surface area contributed by atoms with Crippen molar-refractivity contribution in [1.29, 1.82) is 0 Å². The highest BCUT2D eigenvalue weighted by Crippen LogP contribution is 2.41. The number of hydrogen-bond donors (Lipinski definition) is 0. The Balaban J connectivity index is 2.97. The number of unbranched alkanes of at least 4 members (excludes halogenated alkanes) is 5. The zero-order valence-corrected chi connectivity index (χ0v) is 15.0. The molecule has 0 aliphatic rings. The molecule has 1 unspecified atom stereocenters. The highest BCUT2D eigenvalue weighted by Gasteiger charge is 2.35. The number of aromatic nitrogens is 2. The van der Waals surface area contributed by atoms with Gasteiger partial charge in [0.05, 0.1) is 12.7 Å². The molecule has 1 atom stereocenters. The van der Waals surface area contributed by atoms with Crippen molar-refractivity contribution >= 4 is 0 Å². The second-order valence-corrected chi connectivity index (χ2v) is 6.63. The zero-order valence-electron chi connectivity index (χ0n) is 15.0. The number of hydrogen-bond acceptors (Lipinski definition) is 2. The summed E-state index contributed by atoms with van der Waals surface area (Å²) >= 11 is 0. The second-order valence-electron chi connectivity index (χ2n) is 6.63. The van der Waals surface area contributed by atoms with Crippen LogP contribution in [-0.4, -0.2) is 16.9 Å². The molecule has 4 heteroatoms. The average molecular weight is 312 g/mol. The molecule has 0 radical (unpaired) electrons. The standard InChI is InChI=1S/C18H33FN2O/c1-6-8-10-12-14-18(3,13-11-9-7-2)15-16(19)21(4)20-17(15)22-5/h6-14H2,1-5H3. The lowest BCUT2D eigenvalue weighted by molar-refractivity contribution is 0.325. The van der Waals surface area contributed by atoms with Gasteiger partial charge in [-0.3, -0.25) is 0 Å². The van der Waals surface area contributed by atoms with E-state index in [0.717, 1.165) is 25.7 Å². The lowest BCUT2D eigenvalue weighted by Gasteiger charge is -2.29. The lowest BCUT2D eigenvalue weighted by atomic mass is 9.75. The molecule has 1 heterocycles. The van der Waals surface area contributed by atoms with E-state index >= 15 is 0 Å². The van der Waals surface area contributed by atoms with Crippen LogP contribution in [0.4, 0.5) is 4.39 Å². The van der Waals surface area contributed by atoms with Gasteiger partial charge in [0.25, 0.3) is 0 Å². The average Bonchev–Trinajstić information content (AvgIpc) is 2.80. The SMILES string of the molecule is CCCCCCC(C)(CCCCC)c1c(OC)nn(C)c1F. The molecule has 0 spiro atoms. The van der Waals surface area contributed by atoms with E-state index in [2.05, 4.69) is 25.9 Å². The van der Waals surface area contributed by atoms with Crippen LogP contribution in [0.2, 0.25) is 0 Å². The van der Waals surface area contributed by atoms with Crippen molar-refractivity contribution in [3.8, 4) is 5.88 Å². The Morgan fingerprint density at radius 1 is 1.05 bits per heavy atom. The molecule has 0 saturated carbocycles. The predicted octanol–water partition coefficient (Wildman–Crippen LogP) is 5.38. The first-order valence-electron chi connectivity index (χ1n) is 8.77. The molecule has 1 rings (SSSR count). The normalized spacial score (nSPS) is 14.1. The van der Waals surface area contributed by atoms with Gasteiger partial charge >= 0.3 is 0 Å². The fourth-order valence-corrected chi connectivity index (χ4v) is 3.21. The topological polar surface area (TPSA) is 27.1 Å². The second kappa shape index (κ2) is 9.16. The Labute approximate surface area is 135 Å². The third-order valence-corrected chi connectivity index (χ3v) is 4.66. The van der Waals surface area contributed by atoms with Crippen molar-refractivity contribution < 1.29 is 9.13 Å². The van der Waals surface area contributed by atoms with Gasteiger partial charge < -0.3 is 4.74 Å². The van der Waals surface area contributed by atoms with Crippen LogP contribution in [0.25, 0.3) is 0 Å². The summed E-state index contributed by atoms with van der Waals surface area (Å²) in [7, 11) is 3.22. The van der Waals surface area contributed by atoms with Gasteiger partial charge in [-0.25, -0.2) is 4.68 Å². The van der Waals surface area contributed by atoms with E-state index in [9.17, 15) is 4.39 Å². The number of nitrogens with zero attached hydrogens (tertiary/aromatic N) is 2. The van der Waals surface area contributed by atoms with Crippen LogP contribution in [0.5, 0.6) is 5.88 Å². The molecule has 1 aromatic heterocycles. The van der Waals surface area contributed by atoms with Gasteiger partial charge in [0.2, 0.25) is 11.8 Å². The first-order valence-corrected chi connectivity index (χ1v) is 8.77. The molecule has 0 fully saturated rings. The van der Waals surface area contributed by atoms with E-state index in [-0.39, 0.29) is 11.4 Å². The molecule has 3 nitrogen and oxygen atoms in total. The maximum atomic E-state index is 14.6. The molecule has 0 bridgehead atoms. The number of halogens is 1. The Kier molecular flexibility index (Phi) is 7.91. The van der Waals surface area contributed by atoms with Crippen LogP contribution >= 0.6 is 0 Å². The number of aryl methyl sites for hydroxylation is 1. The summed E-state index contributed by atoms with van der Waals surface area (Å²) in [4.78, 5) is 0. The van der Waals surface area contributed by atoms with E-state index in [1.54, 1.807) is 14.2 Å². The minimum atomic E-state index is -0.244. The highest BCUT2D eigenvalue weighted by atomic mass is 19.1. The molecule has 0 saturated heterocycles. The van der Waals surface area contributed by atoms with E-state index in [1.807, 2.05) is 0 Å². The Hall–Kier alpha value is -1.06. The van der Waals surface area contributed by atoms with Crippen molar-refractivity contribution in [3.63, 3.8) is 0 Å². The van der Waals surface area contributed by atoms with Gasteiger partial charge in [0, 0.05) is 12.5 Å². The Morgan fingerprint density at radius 3 is 2.14 bits per heavy atom. The smallest absolute Gasteiger partial charge is 0.239 e. The van der Waals surface area contributed by atoms with Crippen molar-refractivity contribution in [1.82, 2.24) is 9.78 Å². The van der Waals surface area contributed by atoms with Crippen LogP contribution in [0.1, 0.15) is 84.1 Å². The summed E-state index contributed by atoms with van der Waals surface area (Å²) in [6.45, 7) is 6.59. The molecular weight excluding hydrogens is 279 g/mol. The minimum Gasteiger partial charge on any atom is -0.480 e. The van der Waals surface area contributed by atoms with Gasteiger partial charge in [-0.1, -0.05) is 65.7 Å². The predicted molar refractivity (Wildman–Crippen MR) is 90.0 cm³/mol. The maximum Gasteiger partial charge on any atom is 0.239 e. The van der Waals surface area contributed by atoms with E-state index < -0.39 is 0 Å². The summed E-state index contributed by atoms with van der Waals surface area (Å²) in [5.41, 5.74) is 0.483. The van der Waals surface area contributed by atoms with E-state index in [0.29, 0.717) is 11.4 Å². The monoisotopic (exact) mass is 312 g/mol.